The number of ketones is 1. The monoisotopic (exact) mass is 241 g/mol. The van der Waals surface area contributed by atoms with Crippen LogP contribution >= 0.6 is 0 Å². The molecule has 4 heteroatoms. The van der Waals surface area contributed by atoms with Gasteiger partial charge in [-0.3, -0.25) is 4.79 Å². The van der Waals surface area contributed by atoms with E-state index in [4.69, 9.17) is 14.7 Å². The van der Waals surface area contributed by atoms with Crippen LogP contribution in [0.15, 0.2) is 23.8 Å². The lowest BCUT2D eigenvalue weighted by atomic mass is 10.0. The third-order valence-corrected chi connectivity index (χ3v) is 3.04. The van der Waals surface area contributed by atoms with Crippen LogP contribution in [0.3, 0.4) is 0 Å². The number of Topliss-reactive ketones (excluding diaryl/α,β-unsaturated/α-hetero) is 1. The van der Waals surface area contributed by atoms with E-state index in [9.17, 15) is 4.79 Å². The normalized spacial score (nSPS) is 17.4. The zero-order chi connectivity index (χ0) is 12.5. The molecule has 1 saturated carbocycles. The Bertz CT molecular complexity index is 579. The lowest BCUT2D eigenvalue weighted by Gasteiger charge is -1.99. The van der Waals surface area contributed by atoms with Gasteiger partial charge in [0.25, 0.3) is 0 Å². The number of fused-ring (bicyclic) bond motifs is 1. The molecule has 0 unspecified atom stereocenters. The summed E-state index contributed by atoms with van der Waals surface area (Å²) in [5, 5.41) is 9.03. The van der Waals surface area contributed by atoms with Crippen molar-refractivity contribution in [2.24, 2.45) is 5.92 Å². The van der Waals surface area contributed by atoms with Crippen LogP contribution in [0.4, 0.5) is 0 Å². The molecular formula is C14H11NO3. The van der Waals surface area contributed by atoms with E-state index in [2.05, 4.69) is 0 Å². The molecule has 0 spiro atoms. The Hall–Kier alpha value is -2.28. The van der Waals surface area contributed by atoms with Gasteiger partial charge < -0.3 is 9.47 Å². The van der Waals surface area contributed by atoms with Gasteiger partial charge in [-0.25, -0.2) is 0 Å². The van der Waals surface area contributed by atoms with Crippen molar-refractivity contribution in [3.05, 3.63) is 29.3 Å². The molecule has 1 aliphatic heterocycles. The van der Waals surface area contributed by atoms with Gasteiger partial charge >= 0.3 is 0 Å². The van der Waals surface area contributed by atoms with Gasteiger partial charge in [0.05, 0.1) is 5.57 Å². The highest BCUT2D eigenvalue weighted by Crippen LogP contribution is 2.35. The molecule has 0 atom stereocenters. The van der Waals surface area contributed by atoms with Gasteiger partial charge in [0.1, 0.15) is 6.07 Å². The number of nitriles is 1. The van der Waals surface area contributed by atoms with Gasteiger partial charge in [-0.2, -0.15) is 5.26 Å². The summed E-state index contributed by atoms with van der Waals surface area (Å²) >= 11 is 0. The average Bonchev–Trinajstić information content (AvgIpc) is 3.13. The molecule has 1 aromatic rings. The topological polar surface area (TPSA) is 59.3 Å². The Morgan fingerprint density at radius 3 is 2.83 bits per heavy atom. The van der Waals surface area contributed by atoms with Crippen molar-refractivity contribution in [1.29, 1.82) is 5.26 Å². The molecule has 0 saturated heterocycles. The zero-order valence-electron chi connectivity index (χ0n) is 9.68. The Kier molecular flexibility index (Phi) is 2.52. The highest BCUT2D eigenvalue weighted by atomic mass is 16.7. The summed E-state index contributed by atoms with van der Waals surface area (Å²) in [7, 11) is 0. The summed E-state index contributed by atoms with van der Waals surface area (Å²) in [6.45, 7) is 0.217. The standard InChI is InChI=1S/C14H11NO3/c15-7-11(14(16)10-2-3-10)5-9-1-4-12-13(6-9)18-8-17-12/h1,4-6,10H,2-3,8H2. The highest BCUT2D eigenvalue weighted by Gasteiger charge is 2.31. The van der Waals surface area contributed by atoms with E-state index in [0.717, 1.165) is 18.4 Å². The maximum Gasteiger partial charge on any atom is 0.231 e. The number of hydrogen-bond donors (Lipinski definition) is 0. The predicted molar refractivity (Wildman–Crippen MR) is 63.9 cm³/mol. The van der Waals surface area contributed by atoms with Crippen LogP contribution in [0, 0.1) is 17.2 Å². The lowest BCUT2D eigenvalue weighted by Crippen LogP contribution is -2.02. The van der Waals surface area contributed by atoms with E-state index in [1.807, 2.05) is 12.1 Å². The summed E-state index contributed by atoms with van der Waals surface area (Å²) in [5.74, 6) is 1.36. The molecule has 18 heavy (non-hydrogen) atoms. The molecule has 0 aromatic heterocycles. The number of benzene rings is 1. The average molecular weight is 241 g/mol. The van der Waals surface area contributed by atoms with E-state index in [1.54, 1.807) is 18.2 Å². The summed E-state index contributed by atoms with van der Waals surface area (Å²) in [5.41, 5.74) is 1.00. The molecule has 90 valence electrons. The van der Waals surface area contributed by atoms with E-state index in [-0.39, 0.29) is 24.1 Å². The third kappa shape index (κ3) is 1.95. The third-order valence-electron chi connectivity index (χ3n) is 3.04. The van der Waals surface area contributed by atoms with Crippen molar-refractivity contribution in [3.8, 4) is 17.6 Å². The first kappa shape index (κ1) is 10.8. The number of carbonyl (C=O) groups excluding carboxylic acids is 1. The number of carbonyl (C=O) groups is 1. The quantitative estimate of drug-likeness (QED) is 0.601. The molecule has 3 rings (SSSR count). The molecule has 1 fully saturated rings. The van der Waals surface area contributed by atoms with Crippen LogP contribution in [-0.4, -0.2) is 12.6 Å². The Morgan fingerprint density at radius 1 is 1.33 bits per heavy atom. The minimum Gasteiger partial charge on any atom is -0.454 e. The van der Waals surface area contributed by atoms with Crippen molar-refractivity contribution < 1.29 is 14.3 Å². The van der Waals surface area contributed by atoms with Gasteiger partial charge in [0.15, 0.2) is 17.3 Å². The molecule has 2 aliphatic rings. The number of allylic oxidation sites excluding steroid dienone is 1. The van der Waals surface area contributed by atoms with E-state index < -0.39 is 0 Å². The van der Waals surface area contributed by atoms with Gasteiger partial charge in [-0.05, 0) is 36.6 Å². The molecule has 0 amide bonds. The van der Waals surface area contributed by atoms with Gasteiger partial charge in [0.2, 0.25) is 6.79 Å². The van der Waals surface area contributed by atoms with E-state index >= 15 is 0 Å². The molecule has 0 radical (unpaired) electrons. The second-order valence-corrected chi connectivity index (χ2v) is 4.42. The number of ether oxygens (including phenoxy) is 2. The molecule has 0 bridgehead atoms. The van der Waals surface area contributed by atoms with Crippen molar-refractivity contribution in [2.45, 2.75) is 12.8 Å². The maximum atomic E-state index is 11.8. The molecule has 1 aliphatic carbocycles. The van der Waals surface area contributed by atoms with Crippen molar-refractivity contribution in [1.82, 2.24) is 0 Å². The summed E-state index contributed by atoms with van der Waals surface area (Å²) < 4.78 is 10.5. The predicted octanol–water partition coefficient (Wildman–Crippen LogP) is 2.30. The molecule has 0 N–H and O–H groups in total. The van der Waals surface area contributed by atoms with Crippen LogP contribution in [0.25, 0.3) is 6.08 Å². The summed E-state index contributed by atoms with van der Waals surface area (Å²) in [6.07, 6.45) is 3.42. The number of hydrogen-bond acceptors (Lipinski definition) is 4. The number of nitrogens with zero attached hydrogens (tertiary/aromatic N) is 1. The lowest BCUT2D eigenvalue weighted by molar-refractivity contribution is -0.116. The molecule has 4 nitrogen and oxygen atoms in total. The molecular weight excluding hydrogens is 230 g/mol. The minimum atomic E-state index is -0.0461. The number of rotatable bonds is 3. The van der Waals surface area contributed by atoms with Gasteiger partial charge in [0, 0.05) is 5.92 Å². The van der Waals surface area contributed by atoms with Crippen LogP contribution in [0.5, 0.6) is 11.5 Å². The first-order chi connectivity index (χ1) is 8.78. The maximum absolute atomic E-state index is 11.8. The fourth-order valence-electron chi connectivity index (χ4n) is 1.89. The van der Waals surface area contributed by atoms with Crippen LogP contribution in [0.1, 0.15) is 18.4 Å². The SMILES string of the molecule is N#CC(=Cc1ccc2c(c1)OCO2)C(=O)C1CC1. The fourth-order valence-corrected chi connectivity index (χ4v) is 1.89. The van der Waals surface area contributed by atoms with Crippen molar-refractivity contribution >= 4 is 11.9 Å². The zero-order valence-corrected chi connectivity index (χ0v) is 9.68. The second-order valence-electron chi connectivity index (χ2n) is 4.42. The minimum absolute atomic E-state index is 0.0461. The first-order valence-electron chi connectivity index (χ1n) is 5.83. The molecule has 1 heterocycles. The van der Waals surface area contributed by atoms with Crippen LogP contribution < -0.4 is 9.47 Å². The fraction of sp³-hybridized carbons (Fsp3) is 0.286. The summed E-state index contributed by atoms with van der Waals surface area (Å²) in [6, 6.07) is 7.35. The first-order valence-corrected chi connectivity index (χ1v) is 5.83. The largest absolute Gasteiger partial charge is 0.454 e. The Balaban J connectivity index is 1.90. The van der Waals surface area contributed by atoms with Crippen molar-refractivity contribution in [3.63, 3.8) is 0 Å². The van der Waals surface area contributed by atoms with Crippen LogP contribution in [-0.2, 0) is 4.79 Å². The van der Waals surface area contributed by atoms with Crippen LogP contribution in [0.2, 0.25) is 0 Å². The van der Waals surface area contributed by atoms with Gasteiger partial charge in [-0.15, -0.1) is 0 Å². The van der Waals surface area contributed by atoms with Gasteiger partial charge in [-0.1, -0.05) is 6.07 Å². The Labute approximate surface area is 104 Å². The second kappa shape index (κ2) is 4.19. The van der Waals surface area contributed by atoms with E-state index in [0.29, 0.717) is 11.5 Å². The Morgan fingerprint density at radius 2 is 2.11 bits per heavy atom. The molecule has 1 aromatic carbocycles. The van der Waals surface area contributed by atoms with E-state index in [1.165, 1.54) is 0 Å². The summed E-state index contributed by atoms with van der Waals surface area (Å²) in [4.78, 5) is 11.8. The smallest absolute Gasteiger partial charge is 0.231 e. The van der Waals surface area contributed by atoms with Crippen molar-refractivity contribution in [2.75, 3.05) is 6.79 Å². The highest BCUT2D eigenvalue weighted by molar-refractivity contribution is 6.05.